The third kappa shape index (κ3) is 5.58. The second kappa shape index (κ2) is 9.73. The number of hydrogen-bond donors (Lipinski definition) is 1. The van der Waals surface area contributed by atoms with Gasteiger partial charge in [0.15, 0.2) is 5.03 Å². The van der Waals surface area contributed by atoms with Gasteiger partial charge in [-0.25, -0.2) is 8.42 Å². The smallest absolute Gasteiger partial charge is 0.230 e. The lowest BCUT2D eigenvalue weighted by atomic mass is 10.2. The Balaban J connectivity index is 1.55. The van der Waals surface area contributed by atoms with Gasteiger partial charge < -0.3 is 10.1 Å². The van der Waals surface area contributed by atoms with Crippen LogP contribution in [0.5, 0.6) is 5.75 Å². The summed E-state index contributed by atoms with van der Waals surface area (Å²) in [6, 6.07) is 16.9. The number of nitrogens with one attached hydrogen (secondary N) is 1. The number of amides is 1. The molecule has 156 valence electrons. The molecule has 0 radical (unpaired) electrons. The maximum atomic E-state index is 12.6. The van der Waals surface area contributed by atoms with Gasteiger partial charge >= 0.3 is 0 Å². The van der Waals surface area contributed by atoms with Crippen molar-refractivity contribution in [3.8, 4) is 5.75 Å². The fourth-order valence-corrected chi connectivity index (χ4v) is 4.32. The molecule has 3 aromatic rings. The number of aromatic nitrogens is 2. The number of ether oxygens (including phenoxy) is 1. The van der Waals surface area contributed by atoms with Gasteiger partial charge in [-0.05, 0) is 48.9 Å². The van der Waals surface area contributed by atoms with Crippen molar-refractivity contribution in [3.05, 3.63) is 71.8 Å². The third-order valence-corrected chi connectivity index (χ3v) is 6.78. The standard InChI is InChI=1S/C21H21N3O4S2/c1-15-6-8-18(9-7-15)30(26,27)21-11-10-20(23-24-21)29-14-19(25)22-13-16-4-3-5-17(12-16)28-2/h3-12H,13-14H2,1-2H3,(H,22,25). The maximum Gasteiger partial charge on any atom is 0.230 e. The highest BCUT2D eigenvalue weighted by molar-refractivity contribution is 7.99. The molecule has 0 unspecified atom stereocenters. The van der Waals surface area contributed by atoms with Crippen molar-refractivity contribution in [1.82, 2.24) is 15.5 Å². The number of carbonyl (C=O) groups is 1. The van der Waals surface area contributed by atoms with Crippen molar-refractivity contribution in [2.45, 2.75) is 28.4 Å². The van der Waals surface area contributed by atoms with Gasteiger partial charge in [0.05, 0.1) is 17.8 Å². The second-order valence-corrected chi connectivity index (χ2v) is 9.34. The molecule has 2 aromatic carbocycles. The lowest BCUT2D eigenvalue weighted by Crippen LogP contribution is -2.24. The highest BCUT2D eigenvalue weighted by atomic mass is 32.2. The molecule has 0 bridgehead atoms. The first-order valence-electron chi connectivity index (χ1n) is 9.06. The number of nitrogens with zero attached hydrogens (tertiary/aromatic N) is 2. The zero-order chi connectivity index (χ0) is 21.6. The topological polar surface area (TPSA) is 98.2 Å². The van der Waals surface area contributed by atoms with Crippen LogP contribution in [0.1, 0.15) is 11.1 Å². The summed E-state index contributed by atoms with van der Waals surface area (Å²) in [4.78, 5) is 12.2. The highest BCUT2D eigenvalue weighted by Crippen LogP contribution is 2.21. The van der Waals surface area contributed by atoms with Gasteiger partial charge in [0.25, 0.3) is 0 Å². The monoisotopic (exact) mass is 443 g/mol. The van der Waals surface area contributed by atoms with E-state index in [1.165, 1.54) is 17.8 Å². The van der Waals surface area contributed by atoms with E-state index in [9.17, 15) is 13.2 Å². The van der Waals surface area contributed by atoms with Gasteiger partial charge in [-0.1, -0.05) is 41.6 Å². The van der Waals surface area contributed by atoms with Crippen LogP contribution in [0.2, 0.25) is 0 Å². The fraction of sp³-hybridized carbons (Fsp3) is 0.190. The average Bonchev–Trinajstić information content (AvgIpc) is 2.77. The van der Waals surface area contributed by atoms with Crippen molar-refractivity contribution in [2.75, 3.05) is 12.9 Å². The largest absolute Gasteiger partial charge is 0.497 e. The van der Waals surface area contributed by atoms with Crippen LogP contribution in [0, 0.1) is 6.92 Å². The summed E-state index contributed by atoms with van der Waals surface area (Å²) in [5.41, 5.74) is 1.90. The number of carbonyl (C=O) groups excluding carboxylic acids is 1. The Hall–Kier alpha value is -2.91. The molecule has 0 fully saturated rings. The van der Waals surface area contributed by atoms with E-state index in [4.69, 9.17) is 4.74 Å². The summed E-state index contributed by atoms with van der Waals surface area (Å²) in [6.07, 6.45) is 0. The van der Waals surface area contributed by atoms with E-state index in [1.807, 2.05) is 31.2 Å². The average molecular weight is 444 g/mol. The van der Waals surface area contributed by atoms with Crippen LogP contribution in [-0.4, -0.2) is 37.4 Å². The lowest BCUT2D eigenvalue weighted by molar-refractivity contribution is -0.118. The molecule has 7 nitrogen and oxygen atoms in total. The number of sulfone groups is 1. The van der Waals surface area contributed by atoms with Crippen LogP contribution in [0.3, 0.4) is 0 Å². The number of methoxy groups -OCH3 is 1. The molecule has 0 aliphatic heterocycles. The van der Waals surface area contributed by atoms with Crippen LogP contribution >= 0.6 is 11.8 Å². The predicted octanol–water partition coefficient (Wildman–Crippen LogP) is 3.03. The van der Waals surface area contributed by atoms with Gasteiger partial charge in [-0.15, -0.1) is 10.2 Å². The summed E-state index contributed by atoms with van der Waals surface area (Å²) in [7, 11) is -2.13. The van der Waals surface area contributed by atoms with Gasteiger partial charge in [-0.3, -0.25) is 4.79 Å². The minimum Gasteiger partial charge on any atom is -0.497 e. The van der Waals surface area contributed by atoms with E-state index < -0.39 is 9.84 Å². The maximum absolute atomic E-state index is 12.6. The Morgan fingerprint density at radius 2 is 1.83 bits per heavy atom. The summed E-state index contributed by atoms with van der Waals surface area (Å²) in [5, 5.41) is 10.9. The molecule has 9 heteroatoms. The van der Waals surface area contributed by atoms with Crippen LogP contribution in [0.25, 0.3) is 0 Å². The number of benzene rings is 2. The van der Waals surface area contributed by atoms with Crippen molar-refractivity contribution < 1.29 is 17.9 Å². The SMILES string of the molecule is COc1cccc(CNC(=O)CSc2ccc(S(=O)(=O)c3ccc(C)cc3)nn2)c1. The van der Waals surface area contributed by atoms with E-state index >= 15 is 0 Å². The van der Waals surface area contributed by atoms with Crippen molar-refractivity contribution in [1.29, 1.82) is 0 Å². The first-order chi connectivity index (χ1) is 14.4. The molecule has 0 aliphatic rings. The zero-order valence-corrected chi connectivity index (χ0v) is 18.2. The van der Waals surface area contributed by atoms with Gasteiger partial charge in [0, 0.05) is 6.54 Å². The van der Waals surface area contributed by atoms with Crippen molar-refractivity contribution in [3.63, 3.8) is 0 Å². The zero-order valence-electron chi connectivity index (χ0n) is 16.5. The van der Waals surface area contributed by atoms with Crippen LogP contribution in [0.15, 0.2) is 75.6 Å². The van der Waals surface area contributed by atoms with Gasteiger partial charge in [0.2, 0.25) is 15.7 Å². The third-order valence-electron chi connectivity index (χ3n) is 4.20. The lowest BCUT2D eigenvalue weighted by Gasteiger charge is -2.07. The minimum atomic E-state index is -3.72. The van der Waals surface area contributed by atoms with E-state index in [-0.39, 0.29) is 21.6 Å². The summed E-state index contributed by atoms with van der Waals surface area (Å²) in [5.74, 6) is 0.705. The van der Waals surface area contributed by atoms with Gasteiger partial charge in [-0.2, -0.15) is 0 Å². The predicted molar refractivity (Wildman–Crippen MR) is 114 cm³/mol. The molecule has 1 heterocycles. The van der Waals surface area contributed by atoms with E-state index in [1.54, 1.807) is 37.4 Å². The first-order valence-corrected chi connectivity index (χ1v) is 11.5. The number of thioether (sulfide) groups is 1. The van der Waals surface area contributed by atoms with Crippen LogP contribution in [-0.2, 0) is 21.2 Å². The molecule has 0 atom stereocenters. The number of rotatable bonds is 8. The van der Waals surface area contributed by atoms with Crippen LogP contribution in [0.4, 0.5) is 0 Å². The Bertz CT molecular complexity index is 1120. The minimum absolute atomic E-state index is 0.127. The first kappa shape index (κ1) is 21.8. The van der Waals surface area contributed by atoms with E-state index in [0.717, 1.165) is 16.9 Å². The molecular formula is C21H21N3O4S2. The normalized spacial score (nSPS) is 11.1. The quantitative estimate of drug-likeness (QED) is 0.534. The summed E-state index contributed by atoms with van der Waals surface area (Å²) in [6.45, 7) is 2.27. The molecular weight excluding hydrogens is 422 g/mol. The Morgan fingerprint density at radius 3 is 2.50 bits per heavy atom. The molecule has 1 amide bonds. The van der Waals surface area contributed by atoms with Gasteiger partial charge in [0.1, 0.15) is 10.8 Å². The number of aryl methyl sites for hydroxylation is 1. The molecule has 0 spiro atoms. The molecule has 30 heavy (non-hydrogen) atoms. The summed E-state index contributed by atoms with van der Waals surface area (Å²) >= 11 is 1.18. The van der Waals surface area contributed by atoms with Crippen molar-refractivity contribution in [2.24, 2.45) is 0 Å². The Labute approximate surface area is 179 Å². The van der Waals surface area contributed by atoms with E-state index in [2.05, 4.69) is 15.5 Å². The molecule has 1 aromatic heterocycles. The fourth-order valence-electron chi connectivity index (χ4n) is 2.54. The molecule has 3 rings (SSSR count). The van der Waals surface area contributed by atoms with Crippen LogP contribution < -0.4 is 10.1 Å². The van der Waals surface area contributed by atoms with E-state index in [0.29, 0.717) is 11.6 Å². The molecule has 0 aliphatic carbocycles. The molecule has 1 N–H and O–H groups in total. The number of hydrogen-bond acceptors (Lipinski definition) is 7. The Kier molecular flexibility index (Phi) is 7.07. The Morgan fingerprint density at radius 1 is 1.07 bits per heavy atom. The molecule has 0 saturated heterocycles. The second-order valence-electron chi connectivity index (χ2n) is 6.44. The van der Waals surface area contributed by atoms with Crippen molar-refractivity contribution >= 4 is 27.5 Å². The summed E-state index contributed by atoms with van der Waals surface area (Å²) < 4.78 is 30.4. The molecule has 0 saturated carbocycles. The highest BCUT2D eigenvalue weighted by Gasteiger charge is 2.19.